The largest absolute Gasteiger partial charge is 0.370 e. The fourth-order valence-corrected chi connectivity index (χ4v) is 3.49. The lowest BCUT2D eigenvalue weighted by molar-refractivity contribution is 0.620. The molecule has 0 radical (unpaired) electrons. The Kier molecular flexibility index (Phi) is 3.09. The maximum Gasteiger partial charge on any atom is 0.225 e. The molecule has 25 heavy (non-hydrogen) atoms. The first-order valence-electron chi connectivity index (χ1n) is 8.44. The molecule has 1 atom stereocenters. The molecule has 2 aliphatic rings. The summed E-state index contributed by atoms with van der Waals surface area (Å²) in [5.41, 5.74) is 8.74. The maximum atomic E-state index is 5.97. The van der Waals surface area contributed by atoms with Crippen LogP contribution in [0.4, 0.5) is 11.9 Å². The quantitative estimate of drug-likeness (QED) is 0.740. The highest BCUT2D eigenvalue weighted by Gasteiger charge is 2.26. The standard InChI is InChI=1S/C17H18N8/c18-15-22-14(11-9-19-16(20-10-11)24-7-3-4-8-24)25-13-6-2-1-5-12(13)21-17(25)23-15/h1-2,5-6,9-10,14H,3-4,7-8H2,(H3,18,21,22,23). The van der Waals surface area contributed by atoms with Crippen molar-refractivity contribution >= 4 is 28.9 Å². The maximum absolute atomic E-state index is 5.97. The molecule has 4 heterocycles. The van der Waals surface area contributed by atoms with E-state index in [0.717, 1.165) is 35.6 Å². The highest BCUT2D eigenvalue weighted by molar-refractivity contribution is 5.94. The van der Waals surface area contributed by atoms with Crippen LogP contribution in [-0.4, -0.2) is 38.6 Å². The number of hydrogen-bond donors (Lipinski definition) is 2. The van der Waals surface area contributed by atoms with Crippen LogP contribution in [0.5, 0.6) is 0 Å². The van der Waals surface area contributed by atoms with Gasteiger partial charge in [0.2, 0.25) is 11.9 Å². The van der Waals surface area contributed by atoms with Crippen molar-refractivity contribution in [3.8, 4) is 0 Å². The van der Waals surface area contributed by atoms with Crippen LogP contribution < -0.4 is 16.0 Å². The Balaban J connectivity index is 1.58. The van der Waals surface area contributed by atoms with Crippen molar-refractivity contribution in [1.82, 2.24) is 19.5 Å². The second kappa shape index (κ2) is 5.44. The number of nitrogens with two attached hydrogens (primary N) is 1. The zero-order chi connectivity index (χ0) is 16.8. The molecule has 1 saturated heterocycles. The van der Waals surface area contributed by atoms with Gasteiger partial charge in [-0.15, -0.1) is 0 Å². The molecule has 1 aromatic carbocycles. The molecule has 8 nitrogen and oxygen atoms in total. The van der Waals surface area contributed by atoms with Crippen LogP contribution in [0.1, 0.15) is 24.6 Å². The van der Waals surface area contributed by atoms with Crippen LogP contribution in [0, 0.1) is 0 Å². The number of para-hydroxylation sites is 2. The van der Waals surface area contributed by atoms with Crippen molar-refractivity contribution < 1.29 is 0 Å². The summed E-state index contributed by atoms with van der Waals surface area (Å²) in [5.74, 6) is 1.81. The molecular weight excluding hydrogens is 316 g/mol. The summed E-state index contributed by atoms with van der Waals surface area (Å²) in [4.78, 5) is 20.5. The van der Waals surface area contributed by atoms with Crippen molar-refractivity contribution in [3.63, 3.8) is 0 Å². The van der Waals surface area contributed by atoms with Gasteiger partial charge in [-0.25, -0.2) is 19.9 Å². The minimum Gasteiger partial charge on any atom is -0.370 e. The summed E-state index contributed by atoms with van der Waals surface area (Å²) in [5, 5.41) is 3.04. The number of aromatic nitrogens is 4. The number of nitrogens with zero attached hydrogens (tertiary/aromatic N) is 6. The van der Waals surface area contributed by atoms with E-state index in [9.17, 15) is 0 Å². The summed E-state index contributed by atoms with van der Waals surface area (Å²) < 4.78 is 2.03. The Hall–Kier alpha value is -3.16. The normalized spacial score (nSPS) is 19.6. The topological polar surface area (TPSA) is 97.3 Å². The summed E-state index contributed by atoms with van der Waals surface area (Å²) >= 11 is 0. The lowest BCUT2D eigenvalue weighted by atomic mass is 10.2. The van der Waals surface area contributed by atoms with E-state index in [-0.39, 0.29) is 6.17 Å². The van der Waals surface area contributed by atoms with Gasteiger partial charge >= 0.3 is 0 Å². The Labute approximate surface area is 144 Å². The van der Waals surface area contributed by atoms with Gasteiger partial charge in [0.1, 0.15) is 0 Å². The molecule has 126 valence electrons. The average molecular weight is 334 g/mol. The monoisotopic (exact) mass is 334 g/mol. The third-order valence-corrected chi connectivity index (χ3v) is 4.69. The van der Waals surface area contributed by atoms with Crippen LogP contribution in [0.3, 0.4) is 0 Å². The fourth-order valence-electron chi connectivity index (χ4n) is 3.49. The van der Waals surface area contributed by atoms with E-state index in [1.54, 1.807) is 0 Å². The number of rotatable bonds is 2. The lowest BCUT2D eigenvalue weighted by Gasteiger charge is -2.23. The minimum absolute atomic E-state index is 0.323. The molecule has 1 fully saturated rings. The van der Waals surface area contributed by atoms with E-state index in [1.165, 1.54) is 12.8 Å². The van der Waals surface area contributed by atoms with Crippen LogP contribution in [0.25, 0.3) is 11.0 Å². The van der Waals surface area contributed by atoms with Gasteiger partial charge in [-0.3, -0.25) is 9.88 Å². The van der Waals surface area contributed by atoms with E-state index in [1.807, 2.05) is 41.2 Å². The molecule has 0 bridgehead atoms. The average Bonchev–Trinajstić information content (AvgIpc) is 3.28. The Morgan fingerprint density at radius 1 is 1.08 bits per heavy atom. The first-order valence-corrected chi connectivity index (χ1v) is 8.44. The van der Waals surface area contributed by atoms with E-state index in [0.29, 0.717) is 11.9 Å². The van der Waals surface area contributed by atoms with Crippen LogP contribution in [0.2, 0.25) is 0 Å². The zero-order valence-electron chi connectivity index (χ0n) is 13.6. The predicted molar refractivity (Wildman–Crippen MR) is 96.6 cm³/mol. The van der Waals surface area contributed by atoms with E-state index < -0.39 is 0 Å². The molecule has 0 amide bonds. The Bertz CT molecular complexity index is 952. The third kappa shape index (κ3) is 2.29. The van der Waals surface area contributed by atoms with Crippen molar-refractivity contribution in [1.29, 1.82) is 0 Å². The van der Waals surface area contributed by atoms with Gasteiger partial charge in [0.05, 0.1) is 11.0 Å². The molecule has 1 unspecified atom stereocenters. The molecule has 2 aliphatic heterocycles. The van der Waals surface area contributed by atoms with Crippen molar-refractivity contribution in [3.05, 3.63) is 42.2 Å². The van der Waals surface area contributed by atoms with Crippen LogP contribution in [0.15, 0.2) is 41.7 Å². The number of benzene rings is 1. The first kappa shape index (κ1) is 14.2. The summed E-state index contributed by atoms with van der Waals surface area (Å²) in [7, 11) is 0. The fraction of sp³-hybridized carbons (Fsp3) is 0.294. The lowest BCUT2D eigenvalue weighted by Crippen LogP contribution is -2.31. The predicted octanol–water partition coefficient (Wildman–Crippen LogP) is 1.71. The number of imidazole rings is 1. The van der Waals surface area contributed by atoms with E-state index in [4.69, 9.17) is 5.73 Å². The van der Waals surface area contributed by atoms with Crippen LogP contribution in [-0.2, 0) is 0 Å². The molecule has 3 aromatic rings. The van der Waals surface area contributed by atoms with Gasteiger partial charge in [0.15, 0.2) is 12.1 Å². The zero-order valence-corrected chi connectivity index (χ0v) is 13.6. The highest BCUT2D eigenvalue weighted by atomic mass is 15.4. The number of fused-ring (bicyclic) bond motifs is 3. The molecule has 8 heteroatoms. The van der Waals surface area contributed by atoms with Gasteiger partial charge in [-0.1, -0.05) is 12.1 Å². The van der Waals surface area contributed by atoms with Gasteiger partial charge in [-0.05, 0) is 25.0 Å². The molecule has 2 aromatic heterocycles. The molecule has 5 rings (SSSR count). The number of aliphatic imine (C=N–C) groups is 1. The number of nitrogens with one attached hydrogen (secondary N) is 1. The Morgan fingerprint density at radius 2 is 1.84 bits per heavy atom. The SMILES string of the molecule is NC1=NC(c2cnc(N3CCCC3)nc2)n2c(nc3ccccc32)N1. The number of guanidine groups is 1. The molecule has 0 spiro atoms. The molecule has 0 aliphatic carbocycles. The molecule has 3 N–H and O–H groups in total. The Morgan fingerprint density at radius 3 is 2.64 bits per heavy atom. The number of hydrogen-bond acceptors (Lipinski definition) is 7. The second-order valence-electron chi connectivity index (χ2n) is 6.32. The third-order valence-electron chi connectivity index (χ3n) is 4.69. The summed E-state index contributed by atoms with van der Waals surface area (Å²) in [6.07, 6.45) is 5.75. The van der Waals surface area contributed by atoms with Crippen molar-refractivity contribution in [2.45, 2.75) is 19.0 Å². The van der Waals surface area contributed by atoms with Crippen LogP contribution >= 0.6 is 0 Å². The molecular formula is C17H18N8. The van der Waals surface area contributed by atoms with E-state index >= 15 is 0 Å². The second-order valence-corrected chi connectivity index (χ2v) is 6.32. The highest BCUT2D eigenvalue weighted by Crippen LogP contribution is 2.32. The van der Waals surface area contributed by atoms with Gasteiger partial charge < -0.3 is 10.6 Å². The van der Waals surface area contributed by atoms with Gasteiger partial charge in [0.25, 0.3) is 0 Å². The first-order chi connectivity index (χ1) is 12.3. The summed E-state index contributed by atoms with van der Waals surface area (Å²) in [6, 6.07) is 7.96. The van der Waals surface area contributed by atoms with Gasteiger partial charge in [-0.2, -0.15) is 0 Å². The smallest absolute Gasteiger partial charge is 0.225 e. The van der Waals surface area contributed by atoms with E-state index in [2.05, 4.69) is 30.2 Å². The number of anilines is 2. The van der Waals surface area contributed by atoms with Gasteiger partial charge in [0, 0.05) is 31.0 Å². The van der Waals surface area contributed by atoms with Crippen molar-refractivity contribution in [2.24, 2.45) is 10.7 Å². The minimum atomic E-state index is -0.323. The molecule has 0 saturated carbocycles. The summed E-state index contributed by atoms with van der Waals surface area (Å²) in [6.45, 7) is 2.04. The van der Waals surface area contributed by atoms with Crippen molar-refractivity contribution in [2.75, 3.05) is 23.3 Å².